The Bertz CT molecular complexity index is 823. The van der Waals surface area contributed by atoms with Gasteiger partial charge in [-0.1, -0.05) is 32.5 Å². The van der Waals surface area contributed by atoms with Crippen LogP contribution in [-0.2, 0) is 17.9 Å². The maximum Gasteiger partial charge on any atom is 0.278 e. The van der Waals surface area contributed by atoms with E-state index < -0.39 is 0 Å². The topological polar surface area (TPSA) is 68.9 Å². The Morgan fingerprint density at radius 3 is 2.56 bits per heavy atom. The predicted octanol–water partition coefficient (Wildman–Crippen LogP) is 2.80. The second-order valence-corrected chi connectivity index (χ2v) is 7.66. The van der Waals surface area contributed by atoms with Crippen LogP contribution < -0.4 is 10.9 Å². The van der Waals surface area contributed by atoms with Crippen molar-refractivity contribution >= 4 is 28.7 Å². The number of hydrogen-bond acceptors (Lipinski definition) is 4. The number of rotatable bonds is 7. The first kappa shape index (κ1) is 19.6. The number of nitrogens with zero attached hydrogens (tertiary/aromatic N) is 3. The van der Waals surface area contributed by atoms with Crippen molar-refractivity contribution in [2.75, 3.05) is 6.26 Å². The molecule has 0 spiro atoms. The molecule has 0 aliphatic rings. The standard InChI is InChI=1S/C18H28N4O2S/c1-7-12(4)19-15(23)10-21-13(5)8-14-16(21)17(24)22(9-11(2)3)18(20-14)25-6/h8,11-12H,7,9-10H2,1-6H3,(H,19,23)/t12-/m0/s1. The van der Waals surface area contributed by atoms with Gasteiger partial charge >= 0.3 is 0 Å². The monoisotopic (exact) mass is 364 g/mol. The minimum atomic E-state index is -0.0845. The van der Waals surface area contributed by atoms with E-state index in [0.29, 0.717) is 28.7 Å². The molecule has 0 saturated carbocycles. The number of nitrogens with one attached hydrogen (secondary N) is 1. The van der Waals surface area contributed by atoms with Crippen LogP contribution in [-0.4, -0.2) is 32.3 Å². The molecule has 1 N–H and O–H groups in total. The normalized spacial score (nSPS) is 12.8. The van der Waals surface area contributed by atoms with Gasteiger partial charge in [0.25, 0.3) is 5.56 Å². The SMILES string of the molecule is CC[C@H](C)NC(=O)Cn1c(C)cc2nc(SC)n(CC(C)C)c(=O)c21. The van der Waals surface area contributed by atoms with Gasteiger partial charge < -0.3 is 9.88 Å². The first-order chi connectivity index (χ1) is 11.8. The molecule has 138 valence electrons. The van der Waals surface area contributed by atoms with Crippen LogP contribution in [0.2, 0.25) is 0 Å². The number of aryl methyl sites for hydroxylation is 1. The van der Waals surface area contributed by atoms with Gasteiger partial charge in [-0.15, -0.1) is 0 Å². The minimum absolute atomic E-state index is 0.0764. The third-order valence-corrected chi connectivity index (χ3v) is 4.91. The molecule has 2 rings (SSSR count). The van der Waals surface area contributed by atoms with Gasteiger partial charge in [-0.05, 0) is 38.5 Å². The third-order valence-electron chi connectivity index (χ3n) is 4.23. The molecule has 0 unspecified atom stereocenters. The molecule has 2 heterocycles. The van der Waals surface area contributed by atoms with Gasteiger partial charge in [0.2, 0.25) is 5.91 Å². The molecule has 1 amide bonds. The first-order valence-corrected chi connectivity index (χ1v) is 9.94. The zero-order valence-electron chi connectivity index (χ0n) is 15.9. The van der Waals surface area contributed by atoms with Gasteiger partial charge in [-0.25, -0.2) is 4.98 Å². The quantitative estimate of drug-likeness (QED) is 0.606. The number of fused-ring (bicyclic) bond motifs is 1. The van der Waals surface area contributed by atoms with Gasteiger partial charge in [0.05, 0.1) is 5.52 Å². The van der Waals surface area contributed by atoms with Crippen molar-refractivity contribution in [1.82, 2.24) is 19.4 Å². The summed E-state index contributed by atoms with van der Waals surface area (Å²) in [6, 6.07) is 2.00. The lowest BCUT2D eigenvalue weighted by Crippen LogP contribution is -2.35. The summed E-state index contributed by atoms with van der Waals surface area (Å²) in [5.41, 5.74) is 1.96. The lowest BCUT2D eigenvalue weighted by atomic mass is 10.2. The number of aromatic nitrogens is 3. The Hall–Kier alpha value is -1.76. The highest BCUT2D eigenvalue weighted by Gasteiger charge is 2.18. The van der Waals surface area contributed by atoms with E-state index in [-0.39, 0.29) is 24.1 Å². The van der Waals surface area contributed by atoms with Crippen LogP contribution >= 0.6 is 11.8 Å². The highest BCUT2D eigenvalue weighted by Crippen LogP contribution is 2.19. The predicted molar refractivity (Wildman–Crippen MR) is 103 cm³/mol. The number of amides is 1. The summed E-state index contributed by atoms with van der Waals surface area (Å²) in [5.74, 6) is 0.250. The molecule has 25 heavy (non-hydrogen) atoms. The smallest absolute Gasteiger partial charge is 0.278 e. The van der Waals surface area contributed by atoms with E-state index in [9.17, 15) is 9.59 Å². The molecule has 2 aromatic heterocycles. The zero-order chi connectivity index (χ0) is 18.7. The summed E-state index contributed by atoms with van der Waals surface area (Å²) in [5, 5.41) is 3.67. The fourth-order valence-corrected chi connectivity index (χ4v) is 3.37. The summed E-state index contributed by atoms with van der Waals surface area (Å²) in [6.07, 6.45) is 2.80. The first-order valence-electron chi connectivity index (χ1n) is 8.72. The molecule has 0 aromatic carbocycles. The van der Waals surface area contributed by atoms with E-state index in [0.717, 1.165) is 12.1 Å². The van der Waals surface area contributed by atoms with Crippen LogP contribution in [0.15, 0.2) is 16.0 Å². The molecule has 0 bridgehead atoms. The molecule has 0 aliphatic carbocycles. The van der Waals surface area contributed by atoms with E-state index in [4.69, 9.17) is 0 Å². The van der Waals surface area contributed by atoms with E-state index in [2.05, 4.69) is 24.1 Å². The molecule has 6 nitrogen and oxygen atoms in total. The van der Waals surface area contributed by atoms with Crippen molar-refractivity contribution in [3.8, 4) is 0 Å². The molecule has 1 atom stereocenters. The van der Waals surface area contributed by atoms with Crippen molar-refractivity contribution in [3.05, 3.63) is 22.1 Å². The summed E-state index contributed by atoms with van der Waals surface area (Å²) in [6.45, 7) is 10.8. The molecule has 0 radical (unpaired) electrons. The molecule has 0 saturated heterocycles. The average Bonchev–Trinajstić information content (AvgIpc) is 2.85. The fraction of sp³-hybridized carbons (Fsp3) is 0.611. The number of carbonyl (C=O) groups excluding carboxylic acids is 1. The third kappa shape index (κ3) is 4.26. The van der Waals surface area contributed by atoms with E-state index >= 15 is 0 Å². The second-order valence-electron chi connectivity index (χ2n) is 6.89. The van der Waals surface area contributed by atoms with Crippen LogP contribution in [0.3, 0.4) is 0 Å². The van der Waals surface area contributed by atoms with Crippen molar-refractivity contribution in [2.45, 2.75) is 65.3 Å². The summed E-state index contributed by atoms with van der Waals surface area (Å²) in [4.78, 5) is 30.0. The van der Waals surface area contributed by atoms with E-state index in [1.54, 1.807) is 9.13 Å². The summed E-state index contributed by atoms with van der Waals surface area (Å²) < 4.78 is 3.50. The molecule has 0 aliphatic heterocycles. The largest absolute Gasteiger partial charge is 0.352 e. The van der Waals surface area contributed by atoms with Crippen molar-refractivity contribution in [3.63, 3.8) is 0 Å². The van der Waals surface area contributed by atoms with Gasteiger partial charge in [0.15, 0.2) is 5.16 Å². The Morgan fingerprint density at radius 2 is 2.00 bits per heavy atom. The van der Waals surface area contributed by atoms with Crippen LogP contribution in [0.5, 0.6) is 0 Å². The van der Waals surface area contributed by atoms with E-state index in [1.807, 2.05) is 33.1 Å². The number of thioether (sulfide) groups is 1. The maximum atomic E-state index is 13.1. The Kier molecular flexibility index (Phi) is 6.32. The van der Waals surface area contributed by atoms with Gasteiger partial charge in [0, 0.05) is 18.3 Å². The van der Waals surface area contributed by atoms with Crippen LogP contribution in [0.1, 0.15) is 39.8 Å². The molecular weight excluding hydrogens is 336 g/mol. The fourth-order valence-electron chi connectivity index (χ4n) is 2.80. The van der Waals surface area contributed by atoms with Crippen LogP contribution in [0, 0.1) is 12.8 Å². The lowest BCUT2D eigenvalue weighted by Gasteiger charge is -2.15. The Morgan fingerprint density at radius 1 is 1.32 bits per heavy atom. The summed E-state index contributed by atoms with van der Waals surface area (Å²) >= 11 is 1.47. The van der Waals surface area contributed by atoms with Gasteiger partial charge in [-0.3, -0.25) is 14.2 Å². The zero-order valence-corrected chi connectivity index (χ0v) is 16.7. The Labute approximate surface area is 153 Å². The van der Waals surface area contributed by atoms with Crippen molar-refractivity contribution < 1.29 is 4.79 Å². The minimum Gasteiger partial charge on any atom is -0.352 e. The number of hydrogen-bond donors (Lipinski definition) is 1. The molecule has 0 fully saturated rings. The van der Waals surface area contributed by atoms with Crippen LogP contribution in [0.25, 0.3) is 11.0 Å². The van der Waals surface area contributed by atoms with Gasteiger partial charge in [0.1, 0.15) is 12.1 Å². The molecule has 2 aromatic rings. The maximum absolute atomic E-state index is 13.1. The second kappa shape index (κ2) is 8.08. The van der Waals surface area contributed by atoms with Crippen molar-refractivity contribution in [2.24, 2.45) is 5.92 Å². The highest BCUT2D eigenvalue weighted by molar-refractivity contribution is 7.98. The number of carbonyl (C=O) groups is 1. The lowest BCUT2D eigenvalue weighted by molar-refractivity contribution is -0.122. The average molecular weight is 365 g/mol. The van der Waals surface area contributed by atoms with E-state index in [1.165, 1.54) is 11.8 Å². The van der Waals surface area contributed by atoms with Crippen LogP contribution in [0.4, 0.5) is 0 Å². The summed E-state index contributed by atoms with van der Waals surface area (Å²) in [7, 11) is 0. The Balaban J connectivity index is 2.53. The highest BCUT2D eigenvalue weighted by atomic mass is 32.2. The molecular formula is C18H28N4O2S. The molecule has 7 heteroatoms. The van der Waals surface area contributed by atoms with Gasteiger partial charge in [-0.2, -0.15) is 0 Å². The van der Waals surface area contributed by atoms with Crippen molar-refractivity contribution in [1.29, 1.82) is 0 Å².